The molecule has 0 bridgehead atoms. The number of hydrogen-bond donors (Lipinski definition) is 1. The molecule has 0 amide bonds. The molecule has 0 aromatic heterocycles. The topological polar surface area (TPSA) is 83.7 Å². The summed E-state index contributed by atoms with van der Waals surface area (Å²) in [4.78, 5) is 23.7. The van der Waals surface area contributed by atoms with Crippen LogP contribution in [0.2, 0.25) is 0 Å². The van der Waals surface area contributed by atoms with Crippen molar-refractivity contribution in [2.75, 3.05) is 18.0 Å². The van der Waals surface area contributed by atoms with E-state index in [2.05, 4.69) is 0 Å². The maximum atomic E-state index is 13.2. The summed E-state index contributed by atoms with van der Waals surface area (Å²) < 4.78 is 13.2. The standard InChI is InChI=1S/C14H17FN2O4/c1-2-14(13(18)19)6-3-7-16(9-14)11-5-4-10(15)8-12(11)17(20)21/h4-5,8H,2-3,6-7,9H2,1H3,(H,18,19). The van der Waals surface area contributed by atoms with Crippen LogP contribution in [-0.2, 0) is 4.79 Å². The molecule has 1 aromatic rings. The van der Waals surface area contributed by atoms with E-state index in [1.54, 1.807) is 11.8 Å². The number of carbonyl (C=O) groups is 1. The van der Waals surface area contributed by atoms with Gasteiger partial charge >= 0.3 is 5.97 Å². The number of hydrogen-bond acceptors (Lipinski definition) is 4. The average Bonchev–Trinajstić information content (AvgIpc) is 2.46. The van der Waals surface area contributed by atoms with E-state index < -0.39 is 22.1 Å². The second-order valence-corrected chi connectivity index (χ2v) is 5.35. The molecular formula is C14H17FN2O4. The summed E-state index contributed by atoms with van der Waals surface area (Å²) in [5, 5.41) is 20.5. The maximum Gasteiger partial charge on any atom is 0.311 e. The molecule has 1 heterocycles. The van der Waals surface area contributed by atoms with E-state index in [1.807, 2.05) is 0 Å². The van der Waals surface area contributed by atoms with Crippen molar-refractivity contribution in [1.29, 1.82) is 0 Å². The van der Waals surface area contributed by atoms with Gasteiger partial charge in [-0.3, -0.25) is 14.9 Å². The zero-order valence-corrected chi connectivity index (χ0v) is 11.7. The Balaban J connectivity index is 2.38. The number of anilines is 1. The van der Waals surface area contributed by atoms with E-state index in [4.69, 9.17) is 0 Å². The zero-order chi connectivity index (χ0) is 15.6. The van der Waals surface area contributed by atoms with Gasteiger partial charge in [-0.1, -0.05) is 6.92 Å². The van der Waals surface area contributed by atoms with Gasteiger partial charge in [-0.05, 0) is 31.4 Å². The Morgan fingerprint density at radius 3 is 2.86 bits per heavy atom. The van der Waals surface area contributed by atoms with Gasteiger partial charge in [0, 0.05) is 13.1 Å². The summed E-state index contributed by atoms with van der Waals surface area (Å²) in [6.45, 7) is 2.53. The summed E-state index contributed by atoms with van der Waals surface area (Å²) in [6.07, 6.45) is 1.63. The highest BCUT2D eigenvalue weighted by Gasteiger charge is 2.42. The highest BCUT2D eigenvalue weighted by atomic mass is 19.1. The second kappa shape index (κ2) is 5.67. The van der Waals surface area contributed by atoms with Crippen molar-refractivity contribution in [3.05, 3.63) is 34.1 Å². The molecule has 7 heteroatoms. The van der Waals surface area contributed by atoms with Crippen molar-refractivity contribution >= 4 is 17.3 Å². The fourth-order valence-corrected chi connectivity index (χ4v) is 2.86. The third-order valence-corrected chi connectivity index (χ3v) is 4.18. The summed E-state index contributed by atoms with van der Waals surface area (Å²) in [7, 11) is 0. The van der Waals surface area contributed by atoms with Crippen molar-refractivity contribution in [1.82, 2.24) is 0 Å². The Morgan fingerprint density at radius 1 is 1.57 bits per heavy atom. The van der Waals surface area contributed by atoms with Crippen LogP contribution in [0.15, 0.2) is 18.2 Å². The lowest BCUT2D eigenvalue weighted by molar-refractivity contribution is -0.384. The van der Waals surface area contributed by atoms with Crippen LogP contribution in [-0.4, -0.2) is 29.1 Å². The molecule has 6 nitrogen and oxygen atoms in total. The molecule has 0 spiro atoms. The van der Waals surface area contributed by atoms with Crippen LogP contribution in [0.5, 0.6) is 0 Å². The number of aliphatic carboxylic acids is 1. The third kappa shape index (κ3) is 2.81. The first kappa shape index (κ1) is 15.2. The first-order valence-electron chi connectivity index (χ1n) is 6.82. The van der Waals surface area contributed by atoms with Gasteiger partial charge in [-0.2, -0.15) is 0 Å². The number of piperidine rings is 1. The van der Waals surface area contributed by atoms with Gasteiger partial charge in [-0.15, -0.1) is 0 Å². The Hall–Kier alpha value is -2.18. The monoisotopic (exact) mass is 296 g/mol. The Labute approximate surface area is 121 Å². The predicted octanol–water partition coefficient (Wildman–Crippen LogP) is 2.82. The number of halogens is 1. The lowest BCUT2D eigenvalue weighted by Gasteiger charge is -2.40. The molecule has 1 aromatic carbocycles. The Bertz CT molecular complexity index is 578. The molecule has 2 rings (SSSR count). The molecule has 0 radical (unpaired) electrons. The SMILES string of the molecule is CCC1(C(=O)O)CCCN(c2ccc(F)cc2[N+](=O)[O-])C1. The number of rotatable bonds is 4. The molecule has 21 heavy (non-hydrogen) atoms. The van der Waals surface area contributed by atoms with Gasteiger partial charge in [0.05, 0.1) is 16.4 Å². The van der Waals surface area contributed by atoms with Crippen LogP contribution in [0.3, 0.4) is 0 Å². The molecule has 1 unspecified atom stereocenters. The van der Waals surface area contributed by atoms with E-state index in [9.17, 15) is 24.4 Å². The smallest absolute Gasteiger partial charge is 0.311 e. The molecule has 0 saturated carbocycles. The highest BCUT2D eigenvalue weighted by Crippen LogP contribution is 2.38. The highest BCUT2D eigenvalue weighted by molar-refractivity contribution is 5.76. The van der Waals surface area contributed by atoms with Crippen LogP contribution in [0, 0.1) is 21.3 Å². The number of benzene rings is 1. The van der Waals surface area contributed by atoms with Crippen LogP contribution >= 0.6 is 0 Å². The fourth-order valence-electron chi connectivity index (χ4n) is 2.86. The zero-order valence-electron chi connectivity index (χ0n) is 11.7. The molecule has 114 valence electrons. The molecular weight excluding hydrogens is 279 g/mol. The Kier molecular flexibility index (Phi) is 4.11. The number of nitro groups is 1. The molecule has 1 aliphatic rings. The van der Waals surface area contributed by atoms with Gasteiger partial charge in [0.1, 0.15) is 11.5 Å². The van der Waals surface area contributed by atoms with E-state index in [0.717, 1.165) is 12.1 Å². The minimum Gasteiger partial charge on any atom is -0.481 e. The predicted molar refractivity (Wildman–Crippen MR) is 74.9 cm³/mol. The van der Waals surface area contributed by atoms with Crippen LogP contribution in [0.4, 0.5) is 15.8 Å². The summed E-state index contributed by atoms with van der Waals surface area (Å²) in [5.74, 6) is -1.57. The van der Waals surface area contributed by atoms with Crippen molar-refractivity contribution in [3.63, 3.8) is 0 Å². The van der Waals surface area contributed by atoms with E-state index in [-0.39, 0.29) is 17.9 Å². The van der Waals surface area contributed by atoms with Crippen molar-refractivity contribution in [2.24, 2.45) is 5.41 Å². The quantitative estimate of drug-likeness (QED) is 0.682. The van der Waals surface area contributed by atoms with Gasteiger partial charge in [0.2, 0.25) is 0 Å². The summed E-state index contributed by atoms with van der Waals surface area (Å²) in [5.41, 5.74) is -0.951. The Morgan fingerprint density at radius 2 is 2.29 bits per heavy atom. The van der Waals surface area contributed by atoms with Crippen LogP contribution in [0.25, 0.3) is 0 Å². The average molecular weight is 296 g/mol. The lowest BCUT2D eigenvalue weighted by Crippen LogP contribution is -2.47. The fraction of sp³-hybridized carbons (Fsp3) is 0.500. The van der Waals surface area contributed by atoms with Crippen molar-refractivity contribution < 1.29 is 19.2 Å². The number of carboxylic acid groups (broad SMARTS) is 1. The van der Waals surface area contributed by atoms with Gasteiger partial charge in [0.15, 0.2) is 0 Å². The molecule has 1 fully saturated rings. The van der Waals surface area contributed by atoms with Gasteiger partial charge in [-0.25, -0.2) is 4.39 Å². The maximum absolute atomic E-state index is 13.2. The van der Waals surface area contributed by atoms with Crippen LogP contribution < -0.4 is 4.90 Å². The van der Waals surface area contributed by atoms with E-state index in [1.165, 1.54) is 6.07 Å². The second-order valence-electron chi connectivity index (χ2n) is 5.35. The minimum absolute atomic E-state index is 0.200. The summed E-state index contributed by atoms with van der Waals surface area (Å²) >= 11 is 0. The van der Waals surface area contributed by atoms with E-state index >= 15 is 0 Å². The third-order valence-electron chi connectivity index (χ3n) is 4.18. The van der Waals surface area contributed by atoms with Crippen molar-refractivity contribution in [2.45, 2.75) is 26.2 Å². The van der Waals surface area contributed by atoms with E-state index in [0.29, 0.717) is 25.8 Å². The van der Waals surface area contributed by atoms with Gasteiger partial charge in [0.25, 0.3) is 5.69 Å². The first-order valence-corrected chi connectivity index (χ1v) is 6.82. The number of nitrogens with zero attached hydrogens (tertiary/aromatic N) is 2. The van der Waals surface area contributed by atoms with Gasteiger partial charge < -0.3 is 10.0 Å². The number of carboxylic acids is 1. The first-order chi connectivity index (χ1) is 9.89. The largest absolute Gasteiger partial charge is 0.481 e. The molecule has 1 atom stereocenters. The van der Waals surface area contributed by atoms with Crippen LogP contribution in [0.1, 0.15) is 26.2 Å². The molecule has 1 aliphatic heterocycles. The summed E-state index contributed by atoms with van der Waals surface area (Å²) in [6, 6.07) is 3.38. The molecule has 1 saturated heterocycles. The number of nitro benzene ring substituents is 1. The minimum atomic E-state index is -0.902. The molecule has 1 N–H and O–H groups in total. The van der Waals surface area contributed by atoms with Crippen molar-refractivity contribution in [3.8, 4) is 0 Å². The lowest BCUT2D eigenvalue weighted by atomic mass is 9.77. The molecule has 0 aliphatic carbocycles. The normalized spacial score (nSPS) is 22.1.